The zero-order valence-corrected chi connectivity index (χ0v) is 28.0. The van der Waals surface area contributed by atoms with E-state index in [4.69, 9.17) is 44.8 Å². The SMILES string of the molecule is CC1OC(COC2OC(CO)C(O)C(OC3CN(Cc4ccccc4Cl)CC(CO)O3)C2O)C(O)C(OC2OC(CO)C(O)C(O)C2O)C1O. The lowest BCUT2D eigenvalue weighted by molar-refractivity contribution is -0.352. The number of aliphatic hydroxyl groups is 10. The van der Waals surface area contributed by atoms with Crippen molar-refractivity contribution in [2.75, 3.05) is 39.5 Å². The first kappa shape index (κ1) is 40.0. The van der Waals surface area contributed by atoms with Gasteiger partial charge in [-0.2, -0.15) is 0 Å². The van der Waals surface area contributed by atoms with Crippen LogP contribution in [-0.4, -0.2) is 200 Å². The van der Waals surface area contributed by atoms with Crippen molar-refractivity contribution >= 4 is 11.6 Å². The molecule has 0 aromatic heterocycles. The van der Waals surface area contributed by atoms with E-state index in [1.165, 1.54) is 6.92 Å². The number of aliphatic hydroxyl groups excluding tert-OH is 10. The molecule has 4 saturated heterocycles. The standard InChI is InChI=1S/C31H48ClNO17/c1-13-21(37)28(50-31-26(42)25(41)22(38)17(10-35)48-31)24(40)19(45-13)12-44-30-27(43)29(23(39)18(11-36)47-30)49-20-8-33(7-15(9-34)46-20)6-14-4-2-3-5-16(14)32/h2-5,13,15,17-31,34-43H,6-12H2,1H3. The summed E-state index contributed by atoms with van der Waals surface area (Å²) in [5, 5.41) is 105. The van der Waals surface area contributed by atoms with Crippen LogP contribution in [0.5, 0.6) is 0 Å². The van der Waals surface area contributed by atoms with Gasteiger partial charge in [0.2, 0.25) is 0 Å². The molecule has 1 aromatic rings. The molecule has 4 fully saturated rings. The number of ether oxygens (including phenoxy) is 7. The highest BCUT2D eigenvalue weighted by atomic mass is 35.5. The smallest absolute Gasteiger partial charge is 0.187 e. The Labute approximate surface area is 292 Å². The van der Waals surface area contributed by atoms with Gasteiger partial charge in [0.15, 0.2) is 18.9 Å². The van der Waals surface area contributed by atoms with Gasteiger partial charge < -0.3 is 84.2 Å². The highest BCUT2D eigenvalue weighted by Crippen LogP contribution is 2.32. The molecule has 286 valence electrons. The van der Waals surface area contributed by atoms with Gasteiger partial charge in [-0.1, -0.05) is 29.8 Å². The third-order valence-corrected chi connectivity index (χ3v) is 9.76. The van der Waals surface area contributed by atoms with Crippen LogP contribution >= 0.6 is 11.6 Å². The predicted molar refractivity (Wildman–Crippen MR) is 166 cm³/mol. The minimum atomic E-state index is -1.80. The van der Waals surface area contributed by atoms with E-state index in [1.807, 2.05) is 17.0 Å². The van der Waals surface area contributed by atoms with Crippen molar-refractivity contribution in [3.8, 4) is 0 Å². The summed E-state index contributed by atoms with van der Waals surface area (Å²) in [7, 11) is 0. The zero-order chi connectivity index (χ0) is 36.3. The van der Waals surface area contributed by atoms with E-state index < -0.39 is 124 Å². The summed E-state index contributed by atoms with van der Waals surface area (Å²) in [5.41, 5.74) is 0.834. The van der Waals surface area contributed by atoms with Crippen molar-refractivity contribution in [3.05, 3.63) is 34.9 Å². The molecule has 0 radical (unpaired) electrons. The van der Waals surface area contributed by atoms with E-state index in [1.54, 1.807) is 12.1 Å². The Bertz CT molecular complexity index is 1210. The van der Waals surface area contributed by atoms with E-state index in [2.05, 4.69) is 0 Å². The molecule has 19 heteroatoms. The Hall–Kier alpha value is -1.21. The van der Waals surface area contributed by atoms with Gasteiger partial charge in [-0.05, 0) is 18.6 Å². The fourth-order valence-corrected chi connectivity index (χ4v) is 6.71. The number of morpholine rings is 1. The molecular formula is C31H48ClNO17. The summed E-state index contributed by atoms with van der Waals surface area (Å²) in [6, 6.07) is 7.27. The second-order valence-corrected chi connectivity index (χ2v) is 13.4. The first-order valence-corrected chi connectivity index (χ1v) is 16.8. The van der Waals surface area contributed by atoms with Crippen molar-refractivity contribution in [2.45, 2.75) is 118 Å². The second-order valence-electron chi connectivity index (χ2n) is 13.0. The van der Waals surface area contributed by atoms with Crippen LogP contribution in [0.15, 0.2) is 24.3 Å². The van der Waals surface area contributed by atoms with Crippen LogP contribution in [-0.2, 0) is 39.7 Å². The van der Waals surface area contributed by atoms with E-state index in [0.717, 1.165) is 5.56 Å². The van der Waals surface area contributed by atoms with Gasteiger partial charge in [0.25, 0.3) is 0 Å². The molecule has 18 nitrogen and oxygen atoms in total. The largest absolute Gasteiger partial charge is 0.394 e. The summed E-state index contributed by atoms with van der Waals surface area (Å²) in [5.74, 6) is 0. The number of hydrogen-bond donors (Lipinski definition) is 10. The van der Waals surface area contributed by atoms with Crippen molar-refractivity contribution < 1.29 is 84.2 Å². The summed E-state index contributed by atoms with van der Waals surface area (Å²) in [6.45, 7) is 0.187. The molecule has 0 saturated carbocycles. The quantitative estimate of drug-likeness (QED) is 0.0965. The van der Waals surface area contributed by atoms with Gasteiger partial charge in [0, 0.05) is 24.7 Å². The first-order chi connectivity index (χ1) is 23.9. The Morgan fingerprint density at radius 3 is 2.00 bits per heavy atom. The molecule has 10 N–H and O–H groups in total. The normalized spacial score (nSPS) is 44.7. The first-order valence-electron chi connectivity index (χ1n) is 16.5. The average Bonchev–Trinajstić information content (AvgIpc) is 3.11. The highest BCUT2D eigenvalue weighted by molar-refractivity contribution is 6.31. The lowest BCUT2D eigenvalue weighted by atomic mass is 9.94. The monoisotopic (exact) mass is 741 g/mol. The Balaban J connectivity index is 1.23. The maximum atomic E-state index is 11.3. The van der Waals surface area contributed by atoms with Gasteiger partial charge in [0.05, 0.1) is 38.6 Å². The van der Waals surface area contributed by atoms with Crippen molar-refractivity contribution in [2.24, 2.45) is 0 Å². The predicted octanol–water partition coefficient (Wildman–Crippen LogP) is -4.61. The Kier molecular flexibility index (Phi) is 14.2. The van der Waals surface area contributed by atoms with Crippen LogP contribution in [0.1, 0.15) is 12.5 Å². The van der Waals surface area contributed by atoms with Gasteiger partial charge in [0.1, 0.15) is 73.2 Å². The van der Waals surface area contributed by atoms with Gasteiger partial charge in [-0.15, -0.1) is 0 Å². The van der Waals surface area contributed by atoms with Crippen molar-refractivity contribution in [1.29, 1.82) is 0 Å². The molecule has 0 bridgehead atoms. The third kappa shape index (κ3) is 8.93. The number of halogens is 1. The highest BCUT2D eigenvalue weighted by Gasteiger charge is 2.51. The van der Waals surface area contributed by atoms with Gasteiger partial charge >= 0.3 is 0 Å². The van der Waals surface area contributed by atoms with E-state index in [9.17, 15) is 51.1 Å². The summed E-state index contributed by atoms with van der Waals surface area (Å²) >= 11 is 6.34. The Morgan fingerprint density at radius 1 is 0.680 bits per heavy atom. The number of rotatable bonds is 12. The molecular weight excluding hydrogens is 694 g/mol. The molecule has 1 aromatic carbocycles. The molecule has 0 amide bonds. The van der Waals surface area contributed by atoms with Crippen LogP contribution in [0.3, 0.4) is 0 Å². The number of benzene rings is 1. The van der Waals surface area contributed by atoms with Gasteiger partial charge in [-0.25, -0.2) is 0 Å². The number of nitrogens with zero attached hydrogens (tertiary/aromatic N) is 1. The molecule has 5 rings (SSSR count). The molecule has 0 aliphatic carbocycles. The summed E-state index contributed by atoms with van der Waals surface area (Å²) in [4.78, 5) is 1.94. The van der Waals surface area contributed by atoms with Crippen LogP contribution in [0.4, 0.5) is 0 Å². The van der Waals surface area contributed by atoms with E-state index in [-0.39, 0.29) is 13.2 Å². The minimum Gasteiger partial charge on any atom is -0.394 e. The maximum Gasteiger partial charge on any atom is 0.187 e. The Morgan fingerprint density at radius 2 is 1.32 bits per heavy atom. The minimum absolute atomic E-state index is 0.173. The van der Waals surface area contributed by atoms with Gasteiger partial charge in [-0.3, -0.25) is 4.90 Å². The summed E-state index contributed by atoms with van der Waals surface area (Å²) in [6.07, 6.45) is -24.1. The molecule has 0 spiro atoms. The topological polar surface area (TPSA) is 270 Å². The average molecular weight is 742 g/mol. The third-order valence-electron chi connectivity index (χ3n) is 9.39. The van der Waals surface area contributed by atoms with Crippen LogP contribution < -0.4 is 0 Å². The van der Waals surface area contributed by atoms with Crippen molar-refractivity contribution in [1.82, 2.24) is 4.90 Å². The molecule has 17 unspecified atom stereocenters. The molecule has 50 heavy (non-hydrogen) atoms. The molecule has 4 heterocycles. The zero-order valence-electron chi connectivity index (χ0n) is 27.2. The number of hydrogen-bond acceptors (Lipinski definition) is 18. The van der Waals surface area contributed by atoms with Crippen LogP contribution in [0.2, 0.25) is 5.02 Å². The van der Waals surface area contributed by atoms with Crippen LogP contribution in [0.25, 0.3) is 0 Å². The molecule has 17 atom stereocenters. The van der Waals surface area contributed by atoms with Crippen LogP contribution in [0, 0.1) is 0 Å². The maximum absolute atomic E-state index is 11.3. The molecule has 4 aliphatic rings. The second kappa shape index (κ2) is 17.7. The summed E-state index contributed by atoms with van der Waals surface area (Å²) < 4.78 is 40.0. The van der Waals surface area contributed by atoms with E-state index in [0.29, 0.717) is 18.1 Å². The fraction of sp³-hybridized carbons (Fsp3) is 0.806. The fourth-order valence-electron chi connectivity index (χ4n) is 6.51. The van der Waals surface area contributed by atoms with E-state index >= 15 is 0 Å². The molecule has 4 aliphatic heterocycles. The lowest BCUT2D eigenvalue weighted by Crippen LogP contribution is -2.65. The lowest BCUT2D eigenvalue weighted by Gasteiger charge is -2.47. The van der Waals surface area contributed by atoms with Crippen molar-refractivity contribution in [3.63, 3.8) is 0 Å².